The largest absolute Gasteiger partial charge is 0.487 e. The van der Waals surface area contributed by atoms with Gasteiger partial charge < -0.3 is 14.0 Å². The fourth-order valence-electron chi connectivity index (χ4n) is 2.56. The van der Waals surface area contributed by atoms with Crippen LogP contribution in [0.2, 0.25) is 0 Å². The molecule has 0 bridgehead atoms. The van der Waals surface area contributed by atoms with E-state index in [1.165, 1.54) is 0 Å². The third kappa shape index (κ3) is 2.33. The van der Waals surface area contributed by atoms with Crippen molar-refractivity contribution in [3.05, 3.63) is 42.9 Å². The van der Waals surface area contributed by atoms with E-state index < -0.39 is 0 Å². The molecule has 5 heteroatoms. The second-order valence-electron chi connectivity index (χ2n) is 5.33. The predicted octanol–water partition coefficient (Wildman–Crippen LogP) is 2.90. The lowest BCUT2D eigenvalue weighted by molar-refractivity contribution is 0.264. The first-order valence-electron chi connectivity index (χ1n) is 7.50. The maximum atomic E-state index is 5.89. The van der Waals surface area contributed by atoms with Gasteiger partial charge in [-0.05, 0) is 6.92 Å². The standard InChI is InChI=1S/C17H17N3O2/c1-2-20-11-19-16-15(12-6-4-3-5-7-12)18-8-14(17(16)20)22-10-13-9-21-13/h3-8,11,13H,2,9-10H2,1H3. The van der Waals surface area contributed by atoms with Gasteiger partial charge in [0.1, 0.15) is 23.7 Å². The minimum absolute atomic E-state index is 0.224. The summed E-state index contributed by atoms with van der Waals surface area (Å²) in [7, 11) is 0. The number of ether oxygens (including phenoxy) is 2. The minimum atomic E-state index is 0.224. The maximum absolute atomic E-state index is 5.89. The van der Waals surface area contributed by atoms with E-state index in [1.54, 1.807) is 6.20 Å². The molecule has 0 N–H and O–H groups in total. The number of benzene rings is 1. The Balaban J connectivity index is 1.83. The lowest BCUT2D eigenvalue weighted by Crippen LogP contribution is -2.06. The molecule has 5 nitrogen and oxygen atoms in total. The number of aromatic nitrogens is 3. The van der Waals surface area contributed by atoms with Crippen molar-refractivity contribution in [2.75, 3.05) is 13.2 Å². The highest BCUT2D eigenvalue weighted by Gasteiger charge is 2.24. The zero-order valence-corrected chi connectivity index (χ0v) is 12.4. The maximum Gasteiger partial charge on any atom is 0.163 e. The smallest absolute Gasteiger partial charge is 0.163 e. The van der Waals surface area contributed by atoms with Crippen LogP contribution in [0.3, 0.4) is 0 Å². The van der Waals surface area contributed by atoms with Gasteiger partial charge in [-0.2, -0.15) is 0 Å². The molecule has 1 unspecified atom stereocenters. The van der Waals surface area contributed by atoms with Crippen molar-refractivity contribution in [1.82, 2.24) is 14.5 Å². The van der Waals surface area contributed by atoms with E-state index in [0.717, 1.165) is 41.2 Å². The summed E-state index contributed by atoms with van der Waals surface area (Å²) in [6.45, 7) is 4.28. The molecular weight excluding hydrogens is 278 g/mol. The van der Waals surface area contributed by atoms with Crippen molar-refractivity contribution in [1.29, 1.82) is 0 Å². The molecule has 3 heterocycles. The Hall–Kier alpha value is -2.40. The van der Waals surface area contributed by atoms with Gasteiger partial charge in [0.25, 0.3) is 0 Å². The molecule has 0 aliphatic carbocycles. The molecule has 0 saturated carbocycles. The van der Waals surface area contributed by atoms with Crippen molar-refractivity contribution >= 4 is 11.0 Å². The Labute approximate surface area is 128 Å². The van der Waals surface area contributed by atoms with Crippen LogP contribution in [0.25, 0.3) is 22.3 Å². The third-order valence-corrected chi connectivity index (χ3v) is 3.82. The number of fused-ring (bicyclic) bond motifs is 1. The number of imidazole rings is 1. The van der Waals surface area contributed by atoms with E-state index in [2.05, 4.69) is 21.5 Å². The summed E-state index contributed by atoms with van der Waals surface area (Å²) in [5.74, 6) is 0.768. The molecule has 1 saturated heterocycles. The van der Waals surface area contributed by atoms with Gasteiger partial charge in [0.2, 0.25) is 0 Å². The van der Waals surface area contributed by atoms with Crippen molar-refractivity contribution in [2.24, 2.45) is 0 Å². The van der Waals surface area contributed by atoms with E-state index >= 15 is 0 Å². The van der Waals surface area contributed by atoms with Crippen LogP contribution < -0.4 is 4.74 Å². The van der Waals surface area contributed by atoms with Gasteiger partial charge in [-0.15, -0.1) is 0 Å². The summed E-state index contributed by atoms with van der Waals surface area (Å²) in [6.07, 6.45) is 3.86. The molecule has 2 aromatic heterocycles. The second kappa shape index (κ2) is 5.42. The highest BCUT2D eigenvalue weighted by Crippen LogP contribution is 2.32. The van der Waals surface area contributed by atoms with Crippen LogP contribution in [0.1, 0.15) is 6.92 Å². The first-order chi connectivity index (χ1) is 10.9. The molecule has 1 aliphatic rings. The van der Waals surface area contributed by atoms with Crippen LogP contribution in [0, 0.1) is 0 Å². The number of rotatable bonds is 5. The van der Waals surface area contributed by atoms with Crippen LogP contribution in [-0.4, -0.2) is 33.9 Å². The number of aryl methyl sites for hydroxylation is 1. The topological polar surface area (TPSA) is 52.5 Å². The highest BCUT2D eigenvalue weighted by molar-refractivity contribution is 5.93. The Bertz CT molecular complexity index is 794. The van der Waals surface area contributed by atoms with E-state index in [1.807, 2.05) is 36.7 Å². The molecule has 1 aromatic carbocycles. The fourth-order valence-corrected chi connectivity index (χ4v) is 2.56. The molecular formula is C17H17N3O2. The third-order valence-electron chi connectivity index (χ3n) is 3.82. The molecule has 112 valence electrons. The van der Waals surface area contributed by atoms with Crippen LogP contribution in [0.15, 0.2) is 42.9 Å². The number of nitrogens with zero attached hydrogens (tertiary/aromatic N) is 3. The molecule has 4 rings (SSSR count). The summed E-state index contributed by atoms with van der Waals surface area (Å²) in [5, 5.41) is 0. The summed E-state index contributed by atoms with van der Waals surface area (Å²) in [5.41, 5.74) is 3.82. The lowest BCUT2D eigenvalue weighted by atomic mass is 10.1. The van der Waals surface area contributed by atoms with Gasteiger partial charge in [-0.25, -0.2) is 9.97 Å². The van der Waals surface area contributed by atoms with Crippen molar-refractivity contribution in [2.45, 2.75) is 19.6 Å². The Morgan fingerprint density at radius 3 is 2.82 bits per heavy atom. The van der Waals surface area contributed by atoms with Gasteiger partial charge >= 0.3 is 0 Å². The molecule has 1 fully saturated rings. The Morgan fingerprint density at radius 2 is 2.09 bits per heavy atom. The fraction of sp³-hybridized carbons (Fsp3) is 0.294. The molecule has 1 atom stereocenters. The first-order valence-corrected chi connectivity index (χ1v) is 7.50. The predicted molar refractivity (Wildman–Crippen MR) is 83.9 cm³/mol. The average molecular weight is 295 g/mol. The molecule has 1 aliphatic heterocycles. The van der Waals surface area contributed by atoms with E-state index in [0.29, 0.717) is 6.61 Å². The summed E-state index contributed by atoms with van der Waals surface area (Å²) in [6, 6.07) is 10.1. The van der Waals surface area contributed by atoms with E-state index in [4.69, 9.17) is 9.47 Å². The molecule has 0 spiro atoms. The quantitative estimate of drug-likeness (QED) is 0.679. The SMILES string of the molecule is CCn1cnc2c(-c3ccccc3)ncc(OCC3CO3)c21. The zero-order valence-electron chi connectivity index (χ0n) is 12.4. The molecule has 3 aromatic rings. The van der Waals surface area contributed by atoms with Crippen molar-refractivity contribution < 1.29 is 9.47 Å². The first kappa shape index (κ1) is 13.3. The summed E-state index contributed by atoms with van der Waals surface area (Å²) in [4.78, 5) is 9.14. The molecule has 22 heavy (non-hydrogen) atoms. The zero-order chi connectivity index (χ0) is 14.9. The van der Waals surface area contributed by atoms with Crippen LogP contribution in [0.4, 0.5) is 0 Å². The van der Waals surface area contributed by atoms with Crippen molar-refractivity contribution in [3.8, 4) is 17.0 Å². The molecule has 0 radical (unpaired) electrons. The van der Waals surface area contributed by atoms with Crippen LogP contribution >= 0.6 is 0 Å². The van der Waals surface area contributed by atoms with Gasteiger partial charge in [0, 0.05) is 12.1 Å². The number of pyridine rings is 1. The van der Waals surface area contributed by atoms with Gasteiger partial charge in [0.15, 0.2) is 5.75 Å². The van der Waals surface area contributed by atoms with Gasteiger partial charge in [0.05, 0.1) is 24.8 Å². The van der Waals surface area contributed by atoms with Crippen LogP contribution in [-0.2, 0) is 11.3 Å². The molecule has 0 amide bonds. The normalized spacial score (nSPS) is 16.9. The average Bonchev–Trinajstić information content (AvgIpc) is 3.30. The second-order valence-corrected chi connectivity index (χ2v) is 5.33. The van der Waals surface area contributed by atoms with Crippen LogP contribution in [0.5, 0.6) is 5.75 Å². The van der Waals surface area contributed by atoms with Gasteiger partial charge in [-0.3, -0.25) is 0 Å². The highest BCUT2D eigenvalue weighted by atomic mass is 16.6. The summed E-state index contributed by atoms with van der Waals surface area (Å²) >= 11 is 0. The van der Waals surface area contributed by atoms with Gasteiger partial charge in [-0.1, -0.05) is 30.3 Å². The monoisotopic (exact) mass is 295 g/mol. The number of epoxide rings is 1. The number of hydrogen-bond acceptors (Lipinski definition) is 4. The van der Waals surface area contributed by atoms with E-state index in [-0.39, 0.29) is 6.10 Å². The minimum Gasteiger partial charge on any atom is -0.487 e. The summed E-state index contributed by atoms with van der Waals surface area (Å²) < 4.78 is 13.2. The number of hydrogen-bond donors (Lipinski definition) is 0. The van der Waals surface area contributed by atoms with Crippen molar-refractivity contribution in [3.63, 3.8) is 0 Å². The Kier molecular flexibility index (Phi) is 3.27. The lowest BCUT2D eigenvalue weighted by Gasteiger charge is -2.10. The Morgan fingerprint density at radius 1 is 1.27 bits per heavy atom. The van der Waals surface area contributed by atoms with E-state index in [9.17, 15) is 0 Å².